The fraction of sp³-hybridized carbons (Fsp3) is 0.308. The molecule has 0 spiro atoms. The Hall–Kier alpha value is -3.78. The number of benzene rings is 1. The minimum atomic E-state index is -0.0447. The molecule has 1 aliphatic carbocycles. The number of hydrogen-bond donors (Lipinski definition) is 0. The van der Waals surface area contributed by atoms with Gasteiger partial charge in [-0.25, -0.2) is 9.97 Å². The lowest BCUT2D eigenvalue weighted by molar-refractivity contribution is 0.0644. The molecule has 0 radical (unpaired) electrons. The van der Waals surface area contributed by atoms with Crippen molar-refractivity contribution in [2.45, 2.75) is 19.8 Å². The average molecular weight is 455 g/mol. The number of piperazine rings is 1. The van der Waals surface area contributed by atoms with E-state index in [9.17, 15) is 4.79 Å². The number of hydrogen-bond acceptors (Lipinski definition) is 6. The summed E-state index contributed by atoms with van der Waals surface area (Å²) in [6.45, 7) is 6.28. The molecule has 0 bridgehead atoms. The predicted molar refractivity (Wildman–Crippen MR) is 128 cm³/mol. The summed E-state index contributed by atoms with van der Waals surface area (Å²) in [5.74, 6) is 0.947. The van der Waals surface area contributed by atoms with Crippen molar-refractivity contribution in [3.8, 4) is 28.7 Å². The van der Waals surface area contributed by atoms with Crippen LogP contribution in [0.4, 0.5) is 0 Å². The van der Waals surface area contributed by atoms with Crippen molar-refractivity contribution in [2.24, 2.45) is 0 Å². The number of amides is 1. The molecular weight excluding hydrogens is 428 g/mol. The first-order valence-corrected chi connectivity index (χ1v) is 11.8. The van der Waals surface area contributed by atoms with Gasteiger partial charge in [-0.3, -0.25) is 4.79 Å². The molecule has 1 amide bonds. The van der Waals surface area contributed by atoms with Crippen LogP contribution in [0.5, 0.6) is 0 Å². The number of rotatable bonds is 4. The molecule has 0 atom stereocenters. The van der Waals surface area contributed by atoms with E-state index in [1.54, 1.807) is 17.1 Å². The van der Waals surface area contributed by atoms with Gasteiger partial charge >= 0.3 is 0 Å². The monoisotopic (exact) mass is 454 g/mol. The second-order valence-electron chi connectivity index (χ2n) is 8.72. The Balaban J connectivity index is 1.42. The number of nitrogens with zero attached hydrogens (tertiary/aromatic N) is 6. The van der Waals surface area contributed by atoms with Gasteiger partial charge in [0.05, 0.1) is 23.7 Å². The number of aromatic nitrogens is 4. The topological polar surface area (TPSA) is 80.3 Å². The summed E-state index contributed by atoms with van der Waals surface area (Å²) in [6, 6.07) is 12.0. The van der Waals surface area contributed by atoms with E-state index in [1.807, 2.05) is 29.3 Å². The van der Waals surface area contributed by atoms with Crippen LogP contribution in [0.25, 0.3) is 28.7 Å². The minimum Gasteiger partial charge on any atom is -0.463 e. The molecule has 172 valence electrons. The Morgan fingerprint density at radius 1 is 1.00 bits per heavy atom. The van der Waals surface area contributed by atoms with E-state index in [1.165, 1.54) is 5.56 Å². The third kappa shape index (κ3) is 3.51. The molecule has 2 aliphatic rings. The maximum absolute atomic E-state index is 13.5. The van der Waals surface area contributed by atoms with Gasteiger partial charge in [-0.15, -0.1) is 0 Å². The highest BCUT2D eigenvalue weighted by atomic mass is 16.3. The van der Waals surface area contributed by atoms with Crippen LogP contribution < -0.4 is 0 Å². The quantitative estimate of drug-likeness (QED) is 0.470. The largest absolute Gasteiger partial charge is 0.463 e. The zero-order valence-corrected chi connectivity index (χ0v) is 19.1. The molecule has 1 fully saturated rings. The van der Waals surface area contributed by atoms with Crippen molar-refractivity contribution < 1.29 is 9.21 Å². The lowest BCUT2D eigenvalue weighted by Gasteiger charge is -2.34. The van der Waals surface area contributed by atoms with Crippen LogP contribution >= 0.6 is 0 Å². The summed E-state index contributed by atoms with van der Waals surface area (Å²) in [7, 11) is 0. The van der Waals surface area contributed by atoms with E-state index < -0.39 is 0 Å². The molecular formula is C26H26N6O2. The molecule has 4 aromatic rings. The van der Waals surface area contributed by atoms with Gasteiger partial charge in [0.1, 0.15) is 5.69 Å². The number of fused-ring (bicyclic) bond motifs is 3. The fourth-order valence-electron chi connectivity index (χ4n) is 4.90. The van der Waals surface area contributed by atoms with E-state index in [4.69, 9.17) is 9.40 Å². The normalized spacial score (nSPS) is 15.7. The van der Waals surface area contributed by atoms with Crippen molar-refractivity contribution >= 4 is 5.91 Å². The van der Waals surface area contributed by atoms with Gasteiger partial charge in [0.2, 0.25) is 0 Å². The number of carbonyl (C=O) groups is 1. The number of furan rings is 1. The molecule has 0 N–H and O–H groups in total. The lowest BCUT2D eigenvalue weighted by atomic mass is 9.90. The van der Waals surface area contributed by atoms with Crippen molar-refractivity contribution in [1.29, 1.82) is 0 Å². The first-order valence-electron chi connectivity index (χ1n) is 11.8. The SMILES string of the molecule is CCN1CCN(C(=O)c2cnn(-c3ncc4c(n3)-c3ccccc3CC4)c2-c2ccco2)CC1. The van der Waals surface area contributed by atoms with Crippen LogP contribution in [0.2, 0.25) is 0 Å². The van der Waals surface area contributed by atoms with Crippen LogP contribution in [0, 0.1) is 0 Å². The standard InChI is InChI=1S/C26H26N6O2/c1-2-30-11-13-31(14-12-30)25(33)21-17-28-32(24(21)22-8-5-15-34-22)26-27-16-19-10-9-18-6-3-4-7-20(18)23(19)29-26/h3-8,15-17H,2,9-14H2,1H3. The highest BCUT2D eigenvalue weighted by Crippen LogP contribution is 2.33. The van der Waals surface area contributed by atoms with Gasteiger partial charge in [0.15, 0.2) is 5.76 Å². The molecule has 8 nitrogen and oxygen atoms in total. The Morgan fingerprint density at radius 3 is 2.62 bits per heavy atom. The van der Waals surface area contributed by atoms with Gasteiger partial charge in [0.25, 0.3) is 11.9 Å². The average Bonchev–Trinajstić information content (AvgIpc) is 3.58. The van der Waals surface area contributed by atoms with Crippen LogP contribution in [-0.2, 0) is 12.8 Å². The molecule has 4 heterocycles. The second-order valence-corrected chi connectivity index (χ2v) is 8.72. The van der Waals surface area contributed by atoms with E-state index in [0.29, 0.717) is 36.1 Å². The zero-order valence-electron chi connectivity index (χ0n) is 19.1. The Kier molecular flexibility index (Phi) is 5.22. The van der Waals surface area contributed by atoms with Crippen LogP contribution in [0.15, 0.2) is 59.5 Å². The van der Waals surface area contributed by atoms with Gasteiger partial charge in [-0.2, -0.15) is 9.78 Å². The molecule has 6 rings (SSSR count). The first-order chi connectivity index (χ1) is 16.7. The van der Waals surface area contributed by atoms with Gasteiger partial charge in [-0.05, 0) is 42.6 Å². The Bertz CT molecular complexity index is 1340. The van der Waals surface area contributed by atoms with Crippen molar-refractivity contribution in [1.82, 2.24) is 29.5 Å². The smallest absolute Gasteiger partial charge is 0.257 e. The number of likely N-dealkylation sites (N-methyl/N-ethyl adjacent to an activating group) is 1. The van der Waals surface area contributed by atoms with E-state index >= 15 is 0 Å². The maximum Gasteiger partial charge on any atom is 0.257 e. The Morgan fingerprint density at radius 2 is 1.82 bits per heavy atom. The molecule has 1 aromatic carbocycles. The highest BCUT2D eigenvalue weighted by Gasteiger charge is 2.29. The van der Waals surface area contributed by atoms with Crippen LogP contribution in [0.1, 0.15) is 28.4 Å². The van der Waals surface area contributed by atoms with Crippen molar-refractivity contribution in [3.05, 3.63) is 71.7 Å². The van der Waals surface area contributed by atoms with Crippen molar-refractivity contribution in [2.75, 3.05) is 32.7 Å². The summed E-state index contributed by atoms with van der Waals surface area (Å²) in [6.07, 6.45) is 6.99. The summed E-state index contributed by atoms with van der Waals surface area (Å²) in [4.78, 5) is 27.3. The third-order valence-electron chi connectivity index (χ3n) is 6.84. The zero-order chi connectivity index (χ0) is 23.1. The maximum atomic E-state index is 13.5. The molecule has 0 unspecified atom stereocenters. The van der Waals surface area contributed by atoms with Gasteiger partial charge < -0.3 is 14.2 Å². The third-order valence-corrected chi connectivity index (χ3v) is 6.84. The predicted octanol–water partition coefficient (Wildman–Crippen LogP) is 3.47. The molecule has 3 aromatic heterocycles. The molecule has 1 aliphatic heterocycles. The van der Waals surface area contributed by atoms with E-state index in [0.717, 1.165) is 49.3 Å². The molecule has 34 heavy (non-hydrogen) atoms. The van der Waals surface area contributed by atoms with Gasteiger partial charge in [-0.1, -0.05) is 31.2 Å². The molecule has 1 saturated heterocycles. The second kappa shape index (κ2) is 8.53. The summed E-state index contributed by atoms with van der Waals surface area (Å²) in [5.41, 5.74) is 5.55. The highest BCUT2D eigenvalue weighted by molar-refractivity contribution is 5.99. The number of aryl methyl sites for hydroxylation is 2. The summed E-state index contributed by atoms with van der Waals surface area (Å²) < 4.78 is 7.36. The van der Waals surface area contributed by atoms with Crippen molar-refractivity contribution in [3.63, 3.8) is 0 Å². The first kappa shape index (κ1) is 20.8. The van der Waals surface area contributed by atoms with Crippen LogP contribution in [0.3, 0.4) is 0 Å². The Labute approximate surface area is 197 Å². The minimum absolute atomic E-state index is 0.0447. The number of carbonyl (C=O) groups excluding carboxylic acids is 1. The summed E-state index contributed by atoms with van der Waals surface area (Å²) >= 11 is 0. The summed E-state index contributed by atoms with van der Waals surface area (Å²) in [5, 5.41) is 4.57. The van der Waals surface area contributed by atoms with Gasteiger partial charge in [0, 0.05) is 37.9 Å². The van der Waals surface area contributed by atoms with E-state index in [-0.39, 0.29) is 5.91 Å². The van der Waals surface area contributed by atoms with E-state index in [2.05, 4.69) is 40.1 Å². The fourth-order valence-corrected chi connectivity index (χ4v) is 4.90. The lowest BCUT2D eigenvalue weighted by Crippen LogP contribution is -2.48. The molecule has 8 heteroatoms. The molecule has 0 saturated carbocycles. The van der Waals surface area contributed by atoms with Crippen LogP contribution in [-0.4, -0.2) is 68.2 Å².